The number of rotatable bonds is 4. The SMILES string of the molecule is COc1ccc(-c2ccc3ncc4[nH]c(=O)n(-c5ccc(N6CCNCC6)c(C(F)(F)F)c5)c4c3c2)cn1. The second-order valence-corrected chi connectivity index (χ2v) is 9.04. The number of piperazine rings is 1. The molecule has 0 unspecified atom stereocenters. The number of aromatic amines is 1. The minimum absolute atomic E-state index is 0.108. The molecule has 2 aromatic carbocycles. The predicted molar refractivity (Wildman–Crippen MR) is 139 cm³/mol. The van der Waals surface area contributed by atoms with Crippen molar-refractivity contribution in [3.8, 4) is 22.7 Å². The van der Waals surface area contributed by atoms with Crippen molar-refractivity contribution in [1.29, 1.82) is 0 Å². The van der Waals surface area contributed by atoms with Gasteiger partial charge in [0.15, 0.2) is 0 Å². The third-order valence-corrected chi connectivity index (χ3v) is 6.79. The van der Waals surface area contributed by atoms with E-state index in [9.17, 15) is 18.0 Å². The predicted octanol–water partition coefficient (Wildman–Crippen LogP) is 4.37. The number of imidazole rings is 1. The molecule has 8 nitrogen and oxygen atoms in total. The first-order valence-corrected chi connectivity index (χ1v) is 12.0. The summed E-state index contributed by atoms with van der Waals surface area (Å²) in [4.78, 5) is 26.3. The number of ether oxygens (including phenoxy) is 1. The number of halogens is 3. The largest absolute Gasteiger partial charge is 0.481 e. The summed E-state index contributed by atoms with van der Waals surface area (Å²) >= 11 is 0. The van der Waals surface area contributed by atoms with Crippen molar-refractivity contribution in [2.75, 3.05) is 38.2 Å². The molecule has 38 heavy (non-hydrogen) atoms. The molecule has 6 rings (SSSR count). The van der Waals surface area contributed by atoms with Crippen LogP contribution in [-0.4, -0.2) is 52.8 Å². The van der Waals surface area contributed by atoms with Gasteiger partial charge < -0.3 is 19.9 Å². The number of nitrogens with one attached hydrogen (secondary N) is 2. The lowest BCUT2D eigenvalue weighted by Crippen LogP contribution is -2.44. The Morgan fingerprint density at radius 3 is 2.45 bits per heavy atom. The van der Waals surface area contributed by atoms with Gasteiger partial charge in [-0.15, -0.1) is 0 Å². The third-order valence-electron chi connectivity index (χ3n) is 6.79. The zero-order valence-electron chi connectivity index (χ0n) is 20.3. The highest BCUT2D eigenvalue weighted by atomic mass is 19.4. The van der Waals surface area contributed by atoms with E-state index >= 15 is 0 Å². The first kappa shape index (κ1) is 24.0. The Bertz CT molecular complexity index is 1700. The van der Waals surface area contributed by atoms with E-state index in [0.29, 0.717) is 54.0 Å². The van der Waals surface area contributed by atoms with Gasteiger partial charge in [0.25, 0.3) is 0 Å². The minimum Gasteiger partial charge on any atom is -0.481 e. The molecule has 11 heteroatoms. The van der Waals surface area contributed by atoms with E-state index in [1.165, 1.54) is 23.9 Å². The fourth-order valence-corrected chi connectivity index (χ4v) is 4.95. The van der Waals surface area contributed by atoms with Crippen molar-refractivity contribution < 1.29 is 17.9 Å². The lowest BCUT2D eigenvalue weighted by molar-refractivity contribution is -0.137. The van der Waals surface area contributed by atoms with Gasteiger partial charge in [0.2, 0.25) is 5.88 Å². The van der Waals surface area contributed by atoms with Crippen LogP contribution in [0.15, 0.2) is 65.7 Å². The molecule has 3 aromatic heterocycles. The molecular weight excluding hydrogens is 497 g/mol. The van der Waals surface area contributed by atoms with E-state index in [4.69, 9.17) is 4.74 Å². The fourth-order valence-electron chi connectivity index (χ4n) is 4.95. The number of nitrogens with zero attached hydrogens (tertiary/aromatic N) is 4. The van der Waals surface area contributed by atoms with Crippen LogP contribution in [0.2, 0.25) is 0 Å². The molecule has 0 bridgehead atoms. The molecule has 1 saturated heterocycles. The highest BCUT2D eigenvalue weighted by Crippen LogP contribution is 2.39. The molecule has 194 valence electrons. The minimum atomic E-state index is -4.59. The van der Waals surface area contributed by atoms with Gasteiger partial charge in [-0.2, -0.15) is 13.2 Å². The van der Waals surface area contributed by atoms with E-state index in [2.05, 4.69) is 20.3 Å². The fraction of sp³-hybridized carbons (Fsp3) is 0.222. The number of fused-ring (bicyclic) bond motifs is 3. The highest BCUT2D eigenvalue weighted by molar-refractivity contribution is 6.04. The van der Waals surface area contributed by atoms with Gasteiger partial charge >= 0.3 is 11.9 Å². The van der Waals surface area contributed by atoms with Crippen LogP contribution in [0.4, 0.5) is 18.9 Å². The Balaban J connectivity index is 1.55. The number of hydrogen-bond donors (Lipinski definition) is 2. The molecule has 2 N–H and O–H groups in total. The van der Waals surface area contributed by atoms with Crippen LogP contribution in [0.1, 0.15) is 5.56 Å². The number of pyridine rings is 2. The van der Waals surface area contributed by atoms with Gasteiger partial charge in [-0.25, -0.2) is 9.78 Å². The molecular formula is C27H23F3N6O2. The number of anilines is 1. The van der Waals surface area contributed by atoms with Gasteiger partial charge in [-0.3, -0.25) is 9.55 Å². The standard InChI is InChI=1S/C27H23F3N6O2/c1-38-24-7-3-17(14-33-24)16-2-5-21-19(12-16)25-22(15-32-21)34-26(37)36(25)18-4-6-23(20(13-18)27(28,29)30)35-10-8-31-9-11-35/h2-7,12-15,31H,8-11H2,1H3,(H,34,37). The van der Waals surface area contributed by atoms with Crippen LogP contribution >= 0.6 is 0 Å². The van der Waals surface area contributed by atoms with E-state index < -0.39 is 17.4 Å². The summed E-state index contributed by atoms with van der Waals surface area (Å²) in [6.45, 7) is 2.14. The summed E-state index contributed by atoms with van der Waals surface area (Å²) in [5.74, 6) is 0.475. The average molecular weight is 521 g/mol. The molecule has 1 aliphatic heterocycles. The second-order valence-electron chi connectivity index (χ2n) is 9.04. The quantitative estimate of drug-likeness (QED) is 0.366. The molecule has 5 aromatic rings. The molecule has 4 heterocycles. The summed E-state index contributed by atoms with van der Waals surface area (Å²) in [5.41, 5.74) is 2.01. The van der Waals surface area contributed by atoms with Crippen molar-refractivity contribution in [2.45, 2.75) is 6.18 Å². The topological polar surface area (TPSA) is 88.1 Å². The van der Waals surface area contributed by atoms with E-state index in [0.717, 1.165) is 17.2 Å². The van der Waals surface area contributed by atoms with Gasteiger partial charge in [-0.05, 0) is 42.0 Å². The van der Waals surface area contributed by atoms with Gasteiger partial charge in [0.05, 0.1) is 41.1 Å². The monoisotopic (exact) mass is 520 g/mol. The maximum Gasteiger partial charge on any atom is 0.418 e. The second kappa shape index (κ2) is 9.18. The van der Waals surface area contributed by atoms with Crippen LogP contribution in [-0.2, 0) is 6.18 Å². The van der Waals surface area contributed by atoms with Crippen LogP contribution in [0, 0.1) is 0 Å². The summed E-state index contributed by atoms with van der Waals surface area (Å²) < 4.78 is 49.1. The van der Waals surface area contributed by atoms with Crippen molar-refractivity contribution in [3.63, 3.8) is 0 Å². The van der Waals surface area contributed by atoms with Crippen molar-refractivity contribution in [1.82, 2.24) is 24.8 Å². The summed E-state index contributed by atoms with van der Waals surface area (Å²) in [6.07, 6.45) is -1.41. The molecule has 1 aliphatic rings. The first-order valence-electron chi connectivity index (χ1n) is 12.0. The number of benzene rings is 2. The number of methoxy groups -OCH3 is 1. The number of aromatic nitrogens is 4. The van der Waals surface area contributed by atoms with Crippen LogP contribution in [0.5, 0.6) is 5.88 Å². The van der Waals surface area contributed by atoms with E-state index in [1.54, 1.807) is 23.2 Å². The maximum absolute atomic E-state index is 14.2. The highest BCUT2D eigenvalue weighted by Gasteiger charge is 2.36. The lowest BCUT2D eigenvalue weighted by Gasteiger charge is -2.31. The number of alkyl halides is 3. The Morgan fingerprint density at radius 2 is 1.74 bits per heavy atom. The Labute approximate surface area is 214 Å². The van der Waals surface area contributed by atoms with Gasteiger partial charge in [0, 0.05) is 55.1 Å². The third kappa shape index (κ3) is 4.14. The Hall–Kier alpha value is -4.38. The van der Waals surface area contributed by atoms with Crippen molar-refractivity contribution in [2.24, 2.45) is 0 Å². The molecule has 0 amide bonds. The number of hydrogen-bond acceptors (Lipinski definition) is 6. The van der Waals surface area contributed by atoms with Crippen LogP contribution in [0.3, 0.4) is 0 Å². The summed E-state index contributed by atoms with van der Waals surface area (Å²) in [7, 11) is 1.53. The van der Waals surface area contributed by atoms with Crippen molar-refractivity contribution >= 4 is 27.6 Å². The van der Waals surface area contributed by atoms with Gasteiger partial charge in [0.1, 0.15) is 0 Å². The smallest absolute Gasteiger partial charge is 0.418 e. The summed E-state index contributed by atoms with van der Waals surface area (Å²) in [6, 6.07) is 13.2. The molecule has 0 saturated carbocycles. The zero-order valence-corrected chi connectivity index (χ0v) is 20.3. The average Bonchev–Trinajstić information content (AvgIpc) is 3.28. The Kier molecular flexibility index (Phi) is 5.79. The molecule has 1 fully saturated rings. The normalized spacial score (nSPS) is 14.4. The van der Waals surface area contributed by atoms with Gasteiger partial charge in [-0.1, -0.05) is 6.07 Å². The Morgan fingerprint density at radius 1 is 0.947 bits per heavy atom. The van der Waals surface area contributed by atoms with Crippen LogP contribution in [0.25, 0.3) is 38.8 Å². The first-order chi connectivity index (χ1) is 18.3. The molecule has 0 spiro atoms. The van der Waals surface area contributed by atoms with Crippen LogP contribution < -0.4 is 20.6 Å². The van der Waals surface area contributed by atoms with Crippen molar-refractivity contribution in [3.05, 3.63) is 77.0 Å². The molecule has 0 aliphatic carbocycles. The lowest BCUT2D eigenvalue weighted by atomic mass is 10.0. The van der Waals surface area contributed by atoms with E-state index in [-0.39, 0.29) is 11.4 Å². The maximum atomic E-state index is 14.2. The summed E-state index contributed by atoms with van der Waals surface area (Å²) in [5, 5.41) is 3.77. The molecule has 0 atom stereocenters. The molecule has 0 radical (unpaired) electrons. The number of H-pyrrole nitrogens is 1. The van der Waals surface area contributed by atoms with E-state index in [1.807, 2.05) is 24.3 Å². The zero-order chi connectivity index (χ0) is 26.4.